The van der Waals surface area contributed by atoms with Gasteiger partial charge in [-0.3, -0.25) is 4.79 Å². The Balaban J connectivity index is 1.01. The van der Waals surface area contributed by atoms with Crippen LogP contribution in [0.2, 0.25) is 5.02 Å². The molecule has 1 atom stereocenters. The molecule has 0 saturated carbocycles. The van der Waals surface area contributed by atoms with Gasteiger partial charge in [-0.05, 0) is 42.6 Å². The molecule has 4 fully saturated rings. The minimum absolute atomic E-state index is 0.0507. The standard InChI is InChI=1S/C23H28ClN5O3/c24-18-2-1-3-19(10-18)28-9-6-17(11-28)21(30)27-7-4-16(5-8-27)20-25-22(26-32-20)29-12-23(13-29)14-31-15-23/h1-3,10,16-17H,4-9,11-15H2. The zero-order chi connectivity index (χ0) is 21.7. The van der Waals surface area contributed by atoms with Crippen molar-refractivity contribution in [2.75, 3.05) is 62.3 Å². The van der Waals surface area contributed by atoms with Gasteiger partial charge in [0.1, 0.15) is 0 Å². The van der Waals surface area contributed by atoms with E-state index in [0.29, 0.717) is 17.3 Å². The maximum Gasteiger partial charge on any atom is 0.266 e. The highest BCUT2D eigenvalue weighted by Gasteiger charge is 2.50. The van der Waals surface area contributed by atoms with E-state index in [4.69, 9.17) is 20.9 Å². The van der Waals surface area contributed by atoms with Crippen molar-refractivity contribution >= 4 is 29.1 Å². The molecule has 170 valence electrons. The Labute approximate surface area is 192 Å². The summed E-state index contributed by atoms with van der Waals surface area (Å²) in [5.41, 5.74) is 1.42. The number of amides is 1. The van der Waals surface area contributed by atoms with Crippen molar-refractivity contribution in [2.45, 2.75) is 25.2 Å². The maximum absolute atomic E-state index is 13.1. The Morgan fingerprint density at radius 2 is 1.91 bits per heavy atom. The van der Waals surface area contributed by atoms with E-state index < -0.39 is 0 Å². The van der Waals surface area contributed by atoms with Crippen LogP contribution >= 0.6 is 11.6 Å². The SMILES string of the molecule is O=C(C1CCN(c2cccc(Cl)c2)C1)N1CCC(c2nc(N3CC4(COC4)C3)no2)CC1. The Kier molecular flexibility index (Phi) is 5.02. The van der Waals surface area contributed by atoms with Gasteiger partial charge in [0.05, 0.1) is 24.5 Å². The zero-order valence-electron chi connectivity index (χ0n) is 18.1. The Hall–Kier alpha value is -2.32. The first kappa shape index (κ1) is 20.3. The molecule has 8 nitrogen and oxygen atoms in total. The molecule has 4 aliphatic heterocycles. The second kappa shape index (κ2) is 7.92. The van der Waals surface area contributed by atoms with Gasteiger partial charge in [-0.15, -0.1) is 0 Å². The molecule has 0 aliphatic carbocycles. The van der Waals surface area contributed by atoms with Gasteiger partial charge >= 0.3 is 0 Å². The fraction of sp³-hybridized carbons (Fsp3) is 0.609. The van der Waals surface area contributed by atoms with Crippen LogP contribution in [0.4, 0.5) is 11.6 Å². The topological polar surface area (TPSA) is 74.9 Å². The van der Waals surface area contributed by atoms with E-state index in [9.17, 15) is 4.79 Å². The molecule has 1 unspecified atom stereocenters. The number of nitrogens with zero attached hydrogens (tertiary/aromatic N) is 5. The lowest BCUT2D eigenvalue weighted by molar-refractivity contribution is -0.136. The lowest BCUT2D eigenvalue weighted by Crippen LogP contribution is -2.66. The van der Waals surface area contributed by atoms with E-state index in [1.807, 2.05) is 23.1 Å². The van der Waals surface area contributed by atoms with Crippen LogP contribution in [0, 0.1) is 11.3 Å². The highest BCUT2D eigenvalue weighted by Crippen LogP contribution is 2.40. The van der Waals surface area contributed by atoms with Crippen LogP contribution < -0.4 is 9.80 Å². The largest absolute Gasteiger partial charge is 0.380 e. The fourth-order valence-electron chi connectivity index (χ4n) is 5.47. The van der Waals surface area contributed by atoms with Crippen LogP contribution in [-0.4, -0.2) is 73.4 Å². The number of likely N-dealkylation sites (tertiary alicyclic amines) is 1. The van der Waals surface area contributed by atoms with Crippen molar-refractivity contribution in [3.63, 3.8) is 0 Å². The van der Waals surface area contributed by atoms with Crippen LogP contribution in [0.1, 0.15) is 31.1 Å². The molecule has 6 rings (SSSR count). The number of carbonyl (C=O) groups excluding carboxylic acids is 1. The second-order valence-electron chi connectivity index (χ2n) is 9.79. The molecule has 0 radical (unpaired) electrons. The van der Waals surface area contributed by atoms with Gasteiger partial charge in [0, 0.05) is 55.9 Å². The third kappa shape index (κ3) is 3.63. The highest BCUT2D eigenvalue weighted by atomic mass is 35.5. The zero-order valence-corrected chi connectivity index (χ0v) is 18.8. The van der Waals surface area contributed by atoms with Crippen molar-refractivity contribution in [1.82, 2.24) is 15.0 Å². The number of hydrogen-bond donors (Lipinski definition) is 0. The summed E-state index contributed by atoms with van der Waals surface area (Å²) in [4.78, 5) is 24.2. The normalized spacial score (nSPS) is 25.2. The monoisotopic (exact) mass is 457 g/mol. The minimum Gasteiger partial charge on any atom is -0.380 e. The smallest absolute Gasteiger partial charge is 0.266 e. The summed E-state index contributed by atoms with van der Waals surface area (Å²) >= 11 is 6.13. The van der Waals surface area contributed by atoms with Crippen LogP contribution in [0.15, 0.2) is 28.8 Å². The number of halogens is 1. The number of piperidine rings is 1. The molecular weight excluding hydrogens is 430 g/mol. The van der Waals surface area contributed by atoms with E-state index in [1.54, 1.807) is 0 Å². The summed E-state index contributed by atoms with van der Waals surface area (Å²) in [6, 6.07) is 7.87. The molecule has 1 amide bonds. The molecule has 5 heterocycles. The van der Waals surface area contributed by atoms with Gasteiger partial charge in [-0.1, -0.05) is 17.7 Å². The van der Waals surface area contributed by atoms with Crippen LogP contribution in [-0.2, 0) is 9.53 Å². The van der Waals surface area contributed by atoms with Crippen LogP contribution in [0.25, 0.3) is 0 Å². The van der Waals surface area contributed by atoms with E-state index >= 15 is 0 Å². The molecule has 1 spiro atoms. The van der Waals surface area contributed by atoms with Crippen molar-refractivity contribution in [3.8, 4) is 0 Å². The first-order valence-electron chi connectivity index (χ1n) is 11.5. The van der Waals surface area contributed by atoms with Gasteiger partial charge in [-0.25, -0.2) is 0 Å². The highest BCUT2D eigenvalue weighted by molar-refractivity contribution is 6.30. The molecule has 9 heteroatoms. The van der Waals surface area contributed by atoms with Gasteiger partial charge in [0.25, 0.3) is 5.95 Å². The maximum atomic E-state index is 13.1. The van der Waals surface area contributed by atoms with Crippen LogP contribution in [0.3, 0.4) is 0 Å². The Bertz CT molecular complexity index is 993. The van der Waals surface area contributed by atoms with Crippen molar-refractivity contribution < 1.29 is 14.1 Å². The van der Waals surface area contributed by atoms with Gasteiger partial charge in [0.2, 0.25) is 11.8 Å². The molecule has 1 aromatic carbocycles. The summed E-state index contributed by atoms with van der Waals surface area (Å²) in [7, 11) is 0. The molecule has 4 aliphatic rings. The van der Waals surface area contributed by atoms with Crippen molar-refractivity contribution in [1.29, 1.82) is 0 Å². The number of aromatic nitrogens is 2. The molecule has 32 heavy (non-hydrogen) atoms. The Morgan fingerprint density at radius 1 is 1.09 bits per heavy atom. The fourth-order valence-corrected chi connectivity index (χ4v) is 5.66. The number of anilines is 2. The summed E-state index contributed by atoms with van der Waals surface area (Å²) in [5, 5.41) is 4.93. The summed E-state index contributed by atoms with van der Waals surface area (Å²) in [6.07, 6.45) is 2.63. The molecule has 2 aromatic rings. The first-order valence-corrected chi connectivity index (χ1v) is 11.9. The Morgan fingerprint density at radius 3 is 2.62 bits per heavy atom. The molecule has 0 bridgehead atoms. The predicted molar refractivity (Wildman–Crippen MR) is 120 cm³/mol. The van der Waals surface area contributed by atoms with Gasteiger partial charge in [0.15, 0.2) is 0 Å². The van der Waals surface area contributed by atoms with Gasteiger partial charge in [-0.2, -0.15) is 4.98 Å². The van der Waals surface area contributed by atoms with Crippen LogP contribution in [0.5, 0.6) is 0 Å². The van der Waals surface area contributed by atoms with E-state index in [-0.39, 0.29) is 17.7 Å². The predicted octanol–water partition coefficient (Wildman–Crippen LogP) is 2.79. The molecular formula is C23H28ClN5O3. The average Bonchev–Trinajstić information content (AvgIpc) is 3.42. The molecule has 0 N–H and O–H groups in total. The third-order valence-electron chi connectivity index (χ3n) is 7.45. The molecule has 4 saturated heterocycles. The van der Waals surface area contributed by atoms with Crippen molar-refractivity contribution in [2.24, 2.45) is 11.3 Å². The first-order chi connectivity index (χ1) is 15.6. The lowest BCUT2D eigenvalue weighted by Gasteiger charge is -2.54. The summed E-state index contributed by atoms with van der Waals surface area (Å²) in [5.74, 6) is 1.96. The quantitative estimate of drug-likeness (QED) is 0.698. The number of ether oxygens (including phenoxy) is 1. The minimum atomic E-state index is 0.0507. The summed E-state index contributed by atoms with van der Waals surface area (Å²) in [6.45, 7) is 6.74. The number of carbonyl (C=O) groups is 1. The van der Waals surface area contributed by atoms with E-state index in [0.717, 1.165) is 82.5 Å². The third-order valence-corrected chi connectivity index (χ3v) is 7.68. The lowest BCUT2D eigenvalue weighted by atomic mass is 9.78. The average molecular weight is 458 g/mol. The number of rotatable bonds is 4. The number of benzene rings is 1. The van der Waals surface area contributed by atoms with Gasteiger partial charge < -0.3 is 24.0 Å². The van der Waals surface area contributed by atoms with E-state index in [1.165, 1.54) is 0 Å². The van der Waals surface area contributed by atoms with Crippen molar-refractivity contribution in [3.05, 3.63) is 35.2 Å². The second-order valence-corrected chi connectivity index (χ2v) is 10.2. The number of hydrogen-bond acceptors (Lipinski definition) is 7. The van der Waals surface area contributed by atoms with E-state index in [2.05, 4.69) is 26.0 Å². The molecule has 1 aromatic heterocycles. The summed E-state index contributed by atoms with van der Waals surface area (Å²) < 4.78 is 10.9.